The van der Waals surface area contributed by atoms with Crippen LogP contribution in [0.4, 0.5) is 4.79 Å². The van der Waals surface area contributed by atoms with Crippen LogP contribution in [0.25, 0.3) is 0 Å². The highest BCUT2D eigenvalue weighted by Gasteiger charge is 2.44. The Labute approximate surface area is 131 Å². The molecular weight excluding hydrogens is 282 g/mol. The van der Waals surface area contributed by atoms with Crippen LogP contribution in [0.2, 0.25) is 0 Å². The molecule has 1 aromatic rings. The molecule has 1 saturated carbocycles. The zero-order valence-corrected chi connectivity index (χ0v) is 13.6. The average Bonchev–Trinajstić information content (AvgIpc) is 3.24. The Bertz CT molecular complexity index is 570. The van der Waals surface area contributed by atoms with E-state index in [4.69, 9.17) is 9.47 Å². The molecule has 1 fully saturated rings. The number of carbonyl (C=O) groups excluding carboxylic acids is 2. The van der Waals surface area contributed by atoms with Crippen molar-refractivity contribution in [1.82, 2.24) is 5.32 Å². The Morgan fingerprint density at radius 3 is 2.50 bits per heavy atom. The maximum atomic E-state index is 11.8. The van der Waals surface area contributed by atoms with Gasteiger partial charge >= 0.3 is 12.1 Å². The average molecular weight is 305 g/mol. The molecule has 1 aromatic carbocycles. The number of ether oxygens (including phenoxy) is 2. The quantitative estimate of drug-likeness (QED) is 0.868. The van der Waals surface area contributed by atoms with Crippen LogP contribution in [0.1, 0.15) is 49.5 Å². The van der Waals surface area contributed by atoms with Gasteiger partial charge in [0.05, 0.1) is 12.7 Å². The molecule has 1 amide bonds. The van der Waals surface area contributed by atoms with Crippen LogP contribution in [-0.2, 0) is 14.9 Å². The molecule has 1 aliphatic rings. The predicted octanol–water partition coefficient (Wildman–Crippen LogP) is 3.03. The van der Waals surface area contributed by atoms with Crippen LogP contribution in [0.3, 0.4) is 0 Å². The maximum absolute atomic E-state index is 11.8. The smallest absolute Gasteiger partial charge is 0.407 e. The lowest BCUT2D eigenvalue weighted by atomic mass is 9.94. The van der Waals surface area contributed by atoms with Gasteiger partial charge in [-0.25, -0.2) is 9.59 Å². The fourth-order valence-electron chi connectivity index (χ4n) is 2.37. The van der Waals surface area contributed by atoms with Crippen LogP contribution < -0.4 is 5.32 Å². The molecule has 0 heterocycles. The molecule has 0 radical (unpaired) electrons. The van der Waals surface area contributed by atoms with E-state index in [9.17, 15) is 9.59 Å². The van der Waals surface area contributed by atoms with E-state index >= 15 is 0 Å². The highest BCUT2D eigenvalue weighted by atomic mass is 16.6. The monoisotopic (exact) mass is 305 g/mol. The Morgan fingerprint density at radius 1 is 1.27 bits per heavy atom. The molecule has 0 saturated heterocycles. The van der Waals surface area contributed by atoms with Gasteiger partial charge in [-0.05, 0) is 51.3 Å². The number of hydrogen-bond acceptors (Lipinski definition) is 4. The Kier molecular flexibility index (Phi) is 4.44. The molecule has 0 aliphatic heterocycles. The van der Waals surface area contributed by atoms with Gasteiger partial charge in [0.1, 0.15) is 5.60 Å². The van der Waals surface area contributed by atoms with Gasteiger partial charge in [-0.1, -0.05) is 12.1 Å². The van der Waals surface area contributed by atoms with Gasteiger partial charge in [0, 0.05) is 12.0 Å². The minimum atomic E-state index is -0.508. The SMILES string of the molecule is COC(=O)c1cccc(C2(CNC(=O)OC(C)(C)C)CC2)c1. The Morgan fingerprint density at radius 2 is 1.95 bits per heavy atom. The second-order valence-electron chi connectivity index (χ2n) is 6.71. The van der Waals surface area contributed by atoms with E-state index in [1.165, 1.54) is 7.11 Å². The minimum Gasteiger partial charge on any atom is -0.465 e. The molecule has 22 heavy (non-hydrogen) atoms. The van der Waals surface area contributed by atoms with Crippen LogP contribution >= 0.6 is 0 Å². The summed E-state index contributed by atoms with van der Waals surface area (Å²) >= 11 is 0. The summed E-state index contributed by atoms with van der Waals surface area (Å²) in [6.45, 7) is 6.00. The molecule has 0 aromatic heterocycles. The molecule has 1 N–H and O–H groups in total. The Balaban J connectivity index is 2.03. The van der Waals surface area contributed by atoms with Gasteiger partial charge in [-0.15, -0.1) is 0 Å². The molecule has 5 heteroatoms. The van der Waals surface area contributed by atoms with E-state index in [-0.39, 0.29) is 11.4 Å². The number of benzene rings is 1. The predicted molar refractivity (Wildman–Crippen MR) is 82.9 cm³/mol. The molecule has 120 valence electrons. The Hall–Kier alpha value is -2.04. The third-order valence-electron chi connectivity index (χ3n) is 3.72. The normalized spacial score (nSPS) is 15.8. The van der Waals surface area contributed by atoms with Crippen molar-refractivity contribution in [1.29, 1.82) is 0 Å². The molecule has 0 spiro atoms. The summed E-state index contributed by atoms with van der Waals surface area (Å²) in [5.74, 6) is -0.349. The molecule has 0 unspecified atom stereocenters. The second-order valence-corrected chi connectivity index (χ2v) is 6.71. The van der Waals surface area contributed by atoms with Crippen molar-refractivity contribution in [2.24, 2.45) is 0 Å². The lowest BCUT2D eigenvalue weighted by Crippen LogP contribution is -2.37. The largest absolute Gasteiger partial charge is 0.465 e. The number of esters is 1. The first-order valence-corrected chi connectivity index (χ1v) is 7.41. The number of methoxy groups -OCH3 is 1. The van der Waals surface area contributed by atoms with Crippen molar-refractivity contribution in [2.45, 2.75) is 44.6 Å². The molecule has 5 nitrogen and oxygen atoms in total. The van der Waals surface area contributed by atoms with Crippen molar-refractivity contribution in [3.05, 3.63) is 35.4 Å². The van der Waals surface area contributed by atoms with E-state index in [0.29, 0.717) is 12.1 Å². The van der Waals surface area contributed by atoms with E-state index in [2.05, 4.69) is 5.32 Å². The first-order valence-electron chi connectivity index (χ1n) is 7.41. The summed E-state index contributed by atoms with van der Waals surface area (Å²) in [6.07, 6.45) is 1.55. The first-order chi connectivity index (χ1) is 10.3. The van der Waals surface area contributed by atoms with Crippen LogP contribution in [-0.4, -0.2) is 31.3 Å². The lowest BCUT2D eigenvalue weighted by molar-refractivity contribution is 0.0520. The standard InChI is InChI=1S/C17H23NO4/c1-16(2,3)22-15(20)18-11-17(8-9-17)13-7-5-6-12(10-13)14(19)21-4/h5-7,10H,8-9,11H2,1-4H3,(H,18,20). The minimum absolute atomic E-state index is 0.0963. The van der Waals surface area contributed by atoms with E-state index < -0.39 is 11.7 Å². The topological polar surface area (TPSA) is 64.6 Å². The molecule has 0 bridgehead atoms. The van der Waals surface area contributed by atoms with Crippen molar-refractivity contribution >= 4 is 12.1 Å². The summed E-state index contributed by atoms with van der Waals surface area (Å²) in [4.78, 5) is 23.4. The maximum Gasteiger partial charge on any atom is 0.407 e. The number of rotatable bonds is 4. The van der Waals surface area contributed by atoms with Crippen LogP contribution in [0.5, 0.6) is 0 Å². The highest BCUT2D eigenvalue weighted by molar-refractivity contribution is 5.89. The van der Waals surface area contributed by atoms with Gasteiger partial charge in [0.25, 0.3) is 0 Å². The van der Waals surface area contributed by atoms with Gasteiger partial charge in [0.2, 0.25) is 0 Å². The van der Waals surface area contributed by atoms with E-state index in [1.54, 1.807) is 6.07 Å². The molecule has 1 aliphatic carbocycles. The third kappa shape index (κ3) is 4.00. The fourth-order valence-corrected chi connectivity index (χ4v) is 2.37. The third-order valence-corrected chi connectivity index (χ3v) is 3.72. The number of nitrogens with one attached hydrogen (secondary N) is 1. The molecule has 2 rings (SSSR count). The van der Waals surface area contributed by atoms with Gasteiger partial charge in [-0.2, -0.15) is 0 Å². The van der Waals surface area contributed by atoms with E-state index in [1.807, 2.05) is 39.0 Å². The van der Waals surface area contributed by atoms with Crippen molar-refractivity contribution in [3.8, 4) is 0 Å². The second kappa shape index (κ2) is 5.99. The number of amides is 1. The summed E-state index contributed by atoms with van der Waals surface area (Å²) in [7, 11) is 1.37. The highest BCUT2D eigenvalue weighted by Crippen LogP contribution is 2.47. The summed E-state index contributed by atoms with van der Waals surface area (Å²) in [5.41, 5.74) is 0.974. The summed E-state index contributed by atoms with van der Waals surface area (Å²) < 4.78 is 10.0. The lowest BCUT2D eigenvalue weighted by Gasteiger charge is -2.22. The van der Waals surface area contributed by atoms with Crippen LogP contribution in [0, 0.1) is 0 Å². The van der Waals surface area contributed by atoms with Gasteiger partial charge < -0.3 is 14.8 Å². The number of alkyl carbamates (subject to hydrolysis) is 1. The summed E-state index contributed by atoms with van der Waals surface area (Å²) in [5, 5.41) is 2.83. The van der Waals surface area contributed by atoms with Crippen molar-refractivity contribution in [3.63, 3.8) is 0 Å². The molecular formula is C17H23NO4. The molecule has 0 atom stereocenters. The van der Waals surface area contributed by atoms with Gasteiger partial charge in [-0.3, -0.25) is 0 Å². The first kappa shape index (κ1) is 16.3. The zero-order chi connectivity index (χ0) is 16.4. The van der Waals surface area contributed by atoms with Gasteiger partial charge in [0.15, 0.2) is 0 Å². The number of hydrogen-bond donors (Lipinski definition) is 1. The van der Waals surface area contributed by atoms with Crippen LogP contribution in [0.15, 0.2) is 24.3 Å². The fraction of sp³-hybridized carbons (Fsp3) is 0.529. The van der Waals surface area contributed by atoms with E-state index in [0.717, 1.165) is 18.4 Å². The van der Waals surface area contributed by atoms with Crippen molar-refractivity contribution < 1.29 is 19.1 Å². The van der Waals surface area contributed by atoms with Crippen molar-refractivity contribution in [2.75, 3.05) is 13.7 Å². The number of carbonyl (C=O) groups is 2. The summed E-state index contributed by atoms with van der Waals surface area (Å²) in [6, 6.07) is 7.40. The zero-order valence-electron chi connectivity index (χ0n) is 13.6.